The standard InChI is InChI=1S/C14H32N2O/c1-4-10-16(11-8-7-9-12-17)14(5-2,6-3)13-15/h17H,4-13,15H2,1-3H3. The molecule has 3 heteroatoms. The van der Waals surface area contributed by atoms with Gasteiger partial charge in [-0.3, -0.25) is 4.90 Å². The summed E-state index contributed by atoms with van der Waals surface area (Å²) in [6.45, 7) is 10.0. The lowest BCUT2D eigenvalue weighted by molar-refractivity contribution is 0.0820. The number of aliphatic hydroxyl groups excluding tert-OH is 1. The second kappa shape index (κ2) is 9.86. The molecule has 0 aromatic carbocycles. The fraction of sp³-hybridized carbons (Fsp3) is 1.00. The van der Waals surface area contributed by atoms with Gasteiger partial charge in [-0.25, -0.2) is 0 Å². The molecule has 0 unspecified atom stereocenters. The van der Waals surface area contributed by atoms with E-state index in [2.05, 4.69) is 25.7 Å². The first-order chi connectivity index (χ1) is 8.20. The van der Waals surface area contributed by atoms with Gasteiger partial charge in [-0.1, -0.05) is 20.8 Å². The Kier molecular flexibility index (Phi) is 9.79. The molecule has 0 fully saturated rings. The van der Waals surface area contributed by atoms with Crippen LogP contribution in [-0.4, -0.2) is 41.8 Å². The van der Waals surface area contributed by atoms with Crippen molar-refractivity contribution in [1.29, 1.82) is 0 Å². The predicted octanol–water partition coefficient (Wildman–Crippen LogP) is 2.38. The minimum absolute atomic E-state index is 0.190. The molecule has 0 aliphatic heterocycles. The zero-order chi connectivity index (χ0) is 13.1. The summed E-state index contributed by atoms with van der Waals surface area (Å²) in [7, 11) is 0. The van der Waals surface area contributed by atoms with E-state index in [0.29, 0.717) is 6.61 Å². The van der Waals surface area contributed by atoms with Crippen molar-refractivity contribution in [3.63, 3.8) is 0 Å². The van der Waals surface area contributed by atoms with Crippen molar-refractivity contribution in [3.8, 4) is 0 Å². The van der Waals surface area contributed by atoms with E-state index in [1.54, 1.807) is 0 Å². The van der Waals surface area contributed by atoms with E-state index in [4.69, 9.17) is 10.8 Å². The molecule has 0 aromatic heterocycles. The minimum atomic E-state index is 0.190. The number of nitrogens with two attached hydrogens (primary N) is 1. The molecule has 3 N–H and O–H groups in total. The third-order valence-electron chi connectivity index (χ3n) is 3.95. The van der Waals surface area contributed by atoms with Crippen LogP contribution in [0.25, 0.3) is 0 Å². The second-order valence-electron chi connectivity index (χ2n) is 4.91. The van der Waals surface area contributed by atoms with E-state index >= 15 is 0 Å². The van der Waals surface area contributed by atoms with Crippen LogP contribution in [0.1, 0.15) is 59.3 Å². The van der Waals surface area contributed by atoms with Crippen molar-refractivity contribution in [2.24, 2.45) is 5.73 Å². The van der Waals surface area contributed by atoms with Crippen LogP contribution in [0.2, 0.25) is 0 Å². The maximum atomic E-state index is 8.80. The van der Waals surface area contributed by atoms with Gasteiger partial charge in [0.15, 0.2) is 0 Å². The van der Waals surface area contributed by atoms with E-state index in [0.717, 1.165) is 45.3 Å². The summed E-state index contributed by atoms with van der Waals surface area (Å²) in [6.07, 6.45) is 6.64. The van der Waals surface area contributed by atoms with Crippen molar-refractivity contribution in [2.45, 2.75) is 64.8 Å². The number of nitrogens with zero attached hydrogens (tertiary/aromatic N) is 1. The Morgan fingerprint density at radius 3 is 2.06 bits per heavy atom. The summed E-state index contributed by atoms with van der Waals surface area (Å²) in [5, 5.41) is 8.80. The van der Waals surface area contributed by atoms with Gasteiger partial charge in [0.1, 0.15) is 0 Å². The highest BCUT2D eigenvalue weighted by Gasteiger charge is 2.30. The van der Waals surface area contributed by atoms with E-state index in [1.165, 1.54) is 12.8 Å². The van der Waals surface area contributed by atoms with Crippen LogP contribution in [-0.2, 0) is 0 Å². The van der Waals surface area contributed by atoms with Crippen LogP contribution in [0.3, 0.4) is 0 Å². The van der Waals surface area contributed by atoms with Gasteiger partial charge in [0.2, 0.25) is 0 Å². The molecular weight excluding hydrogens is 212 g/mol. The number of rotatable bonds is 11. The van der Waals surface area contributed by atoms with Crippen LogP contribution < -0.4 is 5.73 Å². The highest BCUT2D eigenvalue weighted by atomic mass is 16.2. The van der Waals surface area contributed by atoms with Crippen molar-refractivity contribution in [3.05, 3.63) is 0 Å². The number of hydrogen-bond donors (Lipinski definition) is 2. The lowest BCUT2D eigenvalue weighted by Gasteiger charge is -2.42. The van der Waals surface area contributed by atoms with Crippen LogP contribution in [0.5, 0.6) is 0 Å². The SMILES string of the molecule is CCCN(CCCCCO)C(CC)(CC)CN. The zero-order valence-corrected chi connectivity index (χ0v) is 12.0. The molecule has 0 radical (unpaired) electrons. The predicted molar refractivity (Wildman–Crippen MR) is 75.2 cm³/mol. The van der Waals surface area contributed by atoms with E-state index in [9.17, 15) is 0 Å². The van der Waals surface area contributed by atoms with Gasteiger partial charge >= 0.3 is 0 Å². The van der Waals surface area contributed by atoms with Crippen LogP contribution in [0.15, 0.2) is 0 Å². The summed E-state index contributed by atoms with van der Waals surface area (Å²) in [4.78, 5) is 2.57. The Balaban J connectivity index is 4.35. The van der Waals surface area contributed by atoms with Crippen molar-refractivity contribution in [2.75, 3.05) is 26.2 Å². The second-order valence-corrected chi connectivity index (χ2v) is 4.91. The first-order valence-corrected chi connectivity index (χ1v) is 7.26. The van der Waals surface area contributed by atoms with Crippen LogP contribution >= 0.6 is 0 Å². The summed E-state index contributed by atoms with van der Waals surface area (Å²) < 4.78 is 0. The van der Waals surface area contributed by atoms with Gasteiger partial charge in [0, 0.05) is 18.7 Å². The molecular formula is C14H32N2O. The third-order valence-corrected chi connectivity index (χ3v) is 3.95. The maximum Gasteiger partial charge on any atom is 0.0431 e. The van der Waals surface area contributed by atoms with Gasteiger partial charge in [0.05, 0.1) is 0 Å². The van der Waals surface area contributed by atoms with Crippen molar-refractivity contribution < 1.29 is 5.11 Å². The third kappa shape index (κ3) is 5.36. The molecule has 0 heterocycles. The molecule has 0 spiro atoms. The number of unbranched alkanes of at least 4 members (excludes halogenated alkanes) is 2. The van der Waals surface area contributed by atoms with Gasteiger partial charge in [-0.2, -0.15) is 0 Å². The highest BCUT2D eigenvalue weighted by Crippen LogP contribution is 2.23. The van der Waals surface area contributed by atoms with E-state index in [-0.39, 0.29) is 5.54 Å². The van der Waals surface area contributed by atoms with Gasteiger partial charge < -0.3 is 10.8 Å². The van der Waals surface area contributed by atoms with Crippen LogP contribution in [0.4, 0.5) is 0 Å². The van der Waals surface area contributed by atoms with Gasteiger partial charge in [-0.05, 0) is 51.6 Å². The Hall–Kier alpha value is -0.120. The largest absolute Gasteiger partial charge is 0.396 e. The molecule has 0 rings (SSSR count). The summed E-state index contributed by atoms with van der Waals surface area (Å²) in [5.74, 6) is 0. The fourth-order valence-corrected chi connectivity index (χ4v) is 2.56. The molecule has 104 valence electrons. The first kappa shape index (κ1) is 16.9. The first-order valence-electron chi connectivity index (χ1n) is 7.26. The Labute approximate surface area is 107 Å². The maximum absolute atomic E-state index is 8.80. The molecule has 0 amide bonds. The summed E-state index contributed by atoms with van der Waals surface area (Å²) in [6, 6.07) is 0. The average Bonchev–Trinajstić information content (AvgIpc) is 2.37. The topological polar surface area (TPSA) is 49.5 Å². The lowest BCUT2D eigenvalue weighted by Crippen LogP contribution is -2.53. The normalized spacial score (nSPS) is 12.4. The van der Waals surface area contributed by atoms with Crippen molar-refractivity contribution >= 4 is 0 Å². The number of aliphatic hydroxyl groups is 1. The quantitative estimate of drug-likeness (QED) is 0.549. The Morgan fingerprint density at radius 2 is 1.65 bits per heavy atom. The van der Waals surface area contributed by atoms with Gasteiger partial charge in [0.25, 0.3) is 0 Å². The molecule has 17 heavy (non-hydrogen) atoms. The highest BCUT2D eigenvalue weighted by molar-refractivity contribution is 4.89. The van der Waals surface area contributed by atoms with E-state index in [1.807, 2.05) is 0 Å². The molecule has 0 aliphatic rings. The minimum Gasteiger partial charge on any atom is -0.396 e. The molecule has 0 aromatic rings. The van der Waals surface area contributed by atoms with Gasteiger partial charge in [-0.15, -0.1) is 0 Å². The smallest absolute Gasteiger partial charge is 0.0431 e. The average molecular weight is 244 g/mol. The lowest BCUT2D eigenvalue weighted by atomic mass is 9.90. The number of hydrogen-bond acceptors (Lipinski definition) is 3. The summed E-state index contributed by atoms with van der Waals surface area (Å²) in [5.41, 5.74) is 6.20. The van der Waals surface area contributed by atoms with Crippen molar-refractivity contribution in [1.82, 2.24) is 4.90 Å². The molecule has 3 nitrogen and oxygen atoms in total. The molecule has 0 bridgehead atoms. The van der Waals surface area contributed by atoms with Crippen LogP contribution in [0, 0.1) is 0 Å². The molecule has 0 saturated heterocycles. The Bertz CT molecular complexity index is 161. The Morgan fingerprint density at radius 1 is 1.00 bits per heavy atom. The molecule has 0 atom stereocenters. The molecule has 0 aliphatic carbocycles. The van der Waals surface area contributed by atoms with E-state index < -0.39 is 0 Å². The monoisotopic (exact) mass is 244 g/mol. The fourth-order valence-electron chi connectivity index (χ4n) is 2.56. The zero-order valence-electron chi connectivity index (χ0n) is 12.0. The molecule has 0 saturated carbocycles. The summed E-state index contributed by atoms with van der Waals surface area (Å²) >= 11 is 0.